The van der Waals surface area contributed by atoms with Crippen LogP contribution in [0.4, 0.5) is 0 Å². The van der Waals surface area contributed by atoms with E-state index >= 15 is 0 Å². The van der Waals surface area contributed by atoms with Crippen molar-refractivity contribution in [1.29, 1.82) is 0 Å². The Morgan fingerprint density at radius 2 is 1.70 bits per heavy atom. The zero-order valence-corrected chi connectivity index (χ0v) is 38.8. The minimum Gasteiger partial charge on any atom is -0.465 e. The Morgan fingerprint density at radius 3 is 2.37 bits per heavy atom. The van der Waals surface area contributed by atoms with Crippen molar-refractivity contribution in [3.63, 3.8) is 0 Å². The molecule has 16 heteroatoms. The zero-order valence-electron chi connectivity index (χ0n) is 38.8. The molecule has 1 aromatic heterocycles. The average Bonchev–Trinajstić information content (AvgIpc) is 3.87. The van der Waals surface area contributed by atoms with Gasteiger partial charge in [-0.15, -0.1) is 5.10 Å². The fourth-order valence-corrected chi connectivity index (χ4v) is 15.1. The van der Waals surface area contributed by atoms with E-state index in [0.29, 0.717) is 23.4 Å². The SMILES string of the molecule is C=C(C)[C@@H]1CC[C@]2(C(=O)NCc3cn(CCO[C@]4(C(=O)OC)C[C@H](O)[C@@H](NC(C)=O)[C@H]([C@H](O)[C@H](O)CO)O4)nn3)CC[C@]3(C)[C@H](CC[C@@H]4[C@@]5(C)CC[C@H](O)C(C)(C)[C@@H]5CC[C@]43C)[C@@H]12. The summed E-state index contributed by atoms with van der Waals surface area (Å²) in [6, 6.07) is -1.25. The van der Waals surface area contributed by atoms with Crippen molar-refractivity contribution in [3.05, 3.63) is 24.0 Å². The first-order valence-corrected chi connectivity index (χ1v) is 23.4. The van der Waals surface area contributed by atoms with Gasteiger partial charge in [0.05, 0.1) is 63.3 Å². The van der Waals surface area contributed by atoms with Gasteiger partial charge in [0.1, 0.15) is 24.0 Å². The molecule has 0 aromatic carbocycles. The van der Waals surface area contributed by atoms with Crippen molar-refractivity contribution < 1.29 is 54.1 Å². The van der Waals surface area contributed by atoms with E-state index in [1.165, 1.54) is 17.2 Å². The molecule has 2 heterocycles. The second-order valence-electron chi connectivity index (χ2n) is 21.8. The number of aromatic nitrogens is 3. The molecule has 6 fully saturated rings. The van der Waals surface area contributed by atoms with E-state index in [9.17, 15) is 39.9 Å². The number of fused-ring (bicyclic) bond motifs is 7. The van der Waals surface area contributed by atoms with Gasteiger partial charge >= 0.3 is 5.97 Å². The van der Waals surface area contributed by atoms with E-state index in [4.69, 9.17) is 14.2 Å². The third-order valence-corrected chi connectivity index (χ3v) is 18.5. The van der Waals surface area contributed by atoms with Crippen molar-refractivity contribution in [2.75, 3.05) is 20.3 Å². The third-order valence-electron chi connectivity index (χ3n) is 18.5. The third kappa shape index (κ3) is 7.78. The minimum absolute atomic E-state index is 0.0656. The van der Waals surface area contributed by atoms with E-state index in [-0.39, 0.29) is 65.2 Å². The van der Waals surface area contributed by atoms with Gasteiger partial charge in [0.25, 0.3) is 5.79 Å². The molecule has 5 saturated carbocycles. The summed E-state index contributed by atoms with van der Waals surface area (Å²) in [5.41, 5.74) is 1.47. The minimum atomic E-state index is -2.24. The highest BCUT2D eigenvalue weighted by atomic mass is 16.7. The number of nitrogens with one attached hydrogen (secondary N) is 2. The van der Waals surface area contributed by atoms with Crippen molar-refractivity contribution in [2.24, 2.45) is 56.7 Å². The second kappa shape index (κ2) is 17.3. The van der Waals surface area contributed by atoms with E-state index in [1.54, 1.807) is 6.20 Å². The van der Waals surface area contributed by atoms with Gasteiger partial charge in [-0.25, -0.2) is 9.48 Å². The summed E-state index contributed by atoms with van der Waals surface area (Å²) in [5.74, 6) is -1.82. The number of aliphatic hydroxyl groups is 5. The average molecular weight is 886 g/mol. The number of nitrogens with zero attached hydrogens (tertiary/aromatic N) is 3. The Bertz CT molecular complexity index is 1890. The molecule has 0 bridgehead atoms. The number of ether oxygens (including phenoxy) is 3. The molecule has 16 nitrogen and oxygen atoms in total. The molecule has 2 amide bonds. The highest BCUT2D eigenvalue weighted by molar-refractivity contribution is 5.84. The van der Waals surface area contributed by atoms with E-state index in [0.717, 1.165) is 71.3 Å². The number of allylic oxidation sites excluding steroid dienone is 1. The Morgan fingerprint density at radius 1 is 0.968 bits per heavy atom. The first-order chi connectivity index (χ1) is 29.5. The van der Waals surface area contributed by atoms with Crippen LogP contribution in [0.3, 0.4) is 0 Å². The lowest BCUT2D eigenvalue weighted by Crippen LogP contribution is -2.68. The highest BCUT2D eigenvalue weighted by Gasteiger charge is 2.72. The Labute approximate surface area is 372 Å². The number of esters is 1. The van der Waals surface area contributed by atoms with Crippen LogP contribution in [0, 0.1) is 56.7 Å². The molecule has 7 rings (SSSR count). The number of methoxy groups -OCH3 is 1. The Hall–Kier alpha value is -2.99. The molecular weight excluding hydrogens is 811 g/mol. The number of aliphatic hydroxyl groups excluding tert-OH is 5. The van der Waals surface area contributed by atoms with Crippen LogP contribution in [0.1, 0.15) is 125 Å². The van der Waals surface area contributed by atoms with Crippen LogP contribution in [-0.2, 0) is 41.7 Å². The van der Waals surface area contributed by atoms with Gasteiger partial charge in [0, 0.05) is 13.3 Å². The molecule has 354 valence electrons. The molecular formula is C47H75N5O11. The first kappa shape index (κ1) is 48.0. The predicted octanol–water partition coefficient (Wildman–Crippen LogP) is 3.17. The standard InChI is InChI=1S/C47H75N5O11/c1-26(2)29-12-17-46(19-18-44(7)30(36(29)46)10-11-34-43(6)15-14-35(57)42(4,5)33(43)13-16-45(34,44)8)40(59)48-23-28-24-52(51-50-28)20-21-62-47(41(60)61-9)22-31(55)37(49-27(3)54)39(63-47)38(58)32(56)25-53/h24,29-39,53,55-58H,1,10-23,25H2,2-9H3,(H,48,59)(H,49,54)/t29-,30+,31-,32+,33-,34+,35-,36+,37+,38+,39+,43-,44+,45+,46-,47+/m0/s1. The normalized spacial score (nSPS) is 42.7. The molecule has 0 spiro atoms. The summed E-state index contributed by atoms with van der Waals surface area (Å²) in [5, 5.41) is 67.0. The maximum atomic E-state index is 14.8. The molecule has 7 N–H and O–H groups in total. The summed E-state index contributed by atoms with van der Waals surface area (Å²) < 4.78 is 18.3. The van der Waals surface area contributed by atoms with Gasteiger partial charge in [-0.1, -0.05) is 52.0 Å². The zero-order chi connectivity index (χ0) is 46.1. The van der Waals surface area contributed by atoms with Crippen LogP contribution in [0.25, 0.3) is 0 Å². The van der Waals surface area contributed by atoms with Crippen LogP contribution in [0.5, 0.6) is 0 Å². The van der Waals surface area contributed by atoms with Crippen molar-refractivity contribution in [3.8, 4) is 0 Å². The van der Waals surface area contributed by atoms with Crippen molar-refractivity contribution >= 4 is 17.8 Å². The fraction of sp³-hybridized carbons (Fsp3) is 0.851. The van der Waals surface area contributed by atoms with Crippen molar-refractivity contribution in [1.82, 2.24) is 25.6 Å². The van der Waals surface area contributed by atoms with E-state index < -0.39 is 66.6 Å². The van der Waals surface area contributed by atoms with E-state index in [2.05, 4.69) is 69.1 Å². The van der Waals surface area contributed by atoms with Crippen LogP contribution in [0.2, 0.25) is 0 Å². The van der Waals surface area contributed by atoms with Crippen LogP contribution >= 0.6 is 0 Å². The summed E-state index contributed by atoms with van der Waals surface area (Å²) in [6.07, 6.45) is 4.46. The summed E-state index contributed by atoms with van der Waals surface area (Å²) in [4.78, 5) is 39.9. The molecule has 5 aliphatic carbocycles. The second-order valence-corrected chi connectivity index (χ2v) is 21.8. The van der Waals surface area contributed by atoms with Gasteiger partial charge in [-0.05, 0) is 122 Å². The smallest absolute Gasteiger partial charge is 0.366 e. The van der Waals surface area contributed by atoms with Crippen LogP contribution < -0.4 is 10.6 Å². The quantitative estimate of drug-likeness (QED) is 0.112. The summed E-state index contributed by atoms with van der Waals surface area (Å²) in [7, 11) is 1.10. The molecule has 63 heavy (non-hydrogen) atoms. The van der Waals surface area contributed by atoms with Gasteiger partial charge in [-0.3, -0.25) is 9.59 Å². The van der Waals surface area contributed by atoms with Gasteiger partial charge in [-0.2, -0.15) is 0 Å². The number of amides is 2. The van der Waals surface area contributed by atoms with Crippen LogP contribution in [0.15, 0.2) is 18.3 Å². The highest BCUT2D eigenvalue weighted by Crippen LogP contribution is 2.77. The Balaban J connectivity index is 1.03. The number of carbonyl (C=O) groups is 3. The molecule has 1 saturated heterocycles. The molecule has 6 aliphatic rings. The summed E-state index contributed by atoms with van der Waals surface area (Å²) >= 11 is 0. The number of rotatable bonds is 13. The maximum absolute atomic E-state index is 14.8. The van der Waals surface area contributed by atoms with Gasteiger partial charge in [0.2, 0.25) is 11.8 Å². The van der Waals surface area contributed by atoms with Crippen molar-refractivity contribution in [2.45, 2.75) is 175 Å². The number of hydrogen-bond acceptors (Lipinski definition) is 13. The fourth-order valence-electron chi connectivity index (χ4n) is 15.1. The lowest BCUT2D eigenvalue weighted by molar-refractivity contribution is -0.312. The topological polar surface area (TPSA) is 235 Å². The largest absolute Gasteiger partial charge is 0.465 e. The molecule has 16 atom stereocenters. The molecule has 1 aromatic rings. The van der Waals surface area contributed by atoms with Gasteiger partial charge < -0.3 is 50.4 Å². The molecule has 1 aliphatic heterocycles. The number of carbonyl (C=O) groups excluding carboxylic acids is 3. The maximum Gasteiger partial charge on any atom is 0.366 e. The first-order valence-electron chi connectivity index (χ1n) is 23.4. The molecule has 0 unspecified atom stereocenters. The Kier molecular flexibility index (Phi) is 13.2. The van der Waals surface area contributed by atoms with E-state index in [1.807, 2.05) is 0 Å². The summed E-state index contributed by atoms with van der Waals surface area (Å²) in [6.45, 7) is 19.3. The predicted molar refractivity (Wildman–Crippen MR) is 230 cm³/mol. The number of hydrogen-bond donors (Lipinski definition) is 7. The molecule has 0 radical (unpaired) electrons. The van der Waals surface area contributed by atoms with Crippen LogP contribution in [-0.4, -0.2) is 121 Å². The van der Waals surface area contributed by atoms with Gasteiger partial charge in [0.15, 0.2) is 0 Å². The lowest BCUT2D eigenvalue weighted by atomic mass is 9.32. The lowest BCUT2D eigenvalue weighted by Gasteiger charge is -2.72. The monoisotopic (exact) mass is 886 g/mol.